The van der Waals surface area contributed by atoms with Crippen molar-refractivity contribution in [2.75, 3.05) is 19.7 Å². The Kier molecular flexibility index (Phi) is 12.4. The molecule has 3 heterocycles. The van der Waals surface area contributed by atoms with E-state index in [9.17, 15) is 40.8 Å². The van der Waals surface area contributed by atoms with Gasteiger partial charge in [-0.2, -0.15) is 5.10 Å². The number of rotatable bonds is 16. The predicted molar refractivity (Wildman–Crippen MR) is 191 cm³/mol. The smallest absolute Gasteiger partial charge is 0.311 e. The van der Waals surface area contributed by atoms with Crippen LogP contribution in [0.5, 0.6) is 17.2 Å². The second-order valence-corrected chi connectivity index (χ2v) is 12.8. The van der Waals surface area contributed by atoms with Crippen LogP contribution in [0.25, 0.3) is 0 Å². The van der Waals surface area contributed by atoms with Gasteiger partial charge < -0.3 is 40.1 Å². The Morgan fingerprint density at radius 3 is 2.15 bits per heavy atom. The zero-order chi connectivity index (χ0) is 38.2. The van der Waals surface area contributed by atoms with Crippen LogP contribution in [0.1, 0.15) is 28.6 Å². The van der Waals surface area contributed by atoms with Gasteiger partial charge in [0.25, 0.3) is 0 Å². The molecular formula is C37H41N7O10. The number of aliphatic hydroxyl groups excluding tert-OH is 4. The fraction of sp³-hybridized carbons (Fsp3) is 0.324. The van der Waals surface area contributed by atoms with Gasteiger partial charge in [-0.05, 0) is 35.9 Å². The van der Waals surface area contributed by atoms with Crippen LogP contribution in [0.3, 0.4) is 0 Å². The van der Waals surface area contributed by atoms with Crippen molar-refractivity contribution in [3.05, 3.63) is 136 Å². The van der Waals surface area contributed by atoms with E-state index in [4.69, 9.17) is 9.47 Å². The molecule has 284 valence electrons. The molecule has 17 nitrogen and oxygen atoms in total. The molecule has 1 unspecified atom stereocenters. The SMILES string of the molecule is O=[N+]([O-])c1cc(C(N(CCN(Cc2ccccc2O)Cc2ccccc2O)Cc2ccccn2)n2cncn2)ccc1O[C@@H]1O[C@H](CO)[C@H](O)[C@H](O)[C@H]1O. The second kappa shape index (κ2) is 17.5. The van der Waals surface area contributed by atoms with Gasteiger partial charge in [0.1, 0.15) is 54.7 Å². The number of nitrogens with zero attached hydrogens (tertiary/aromatic N) is 7. The summed E-state index contributed by atoms with van der Waals surface area (Å²) in [5.74, 6) is -0.0360. The summed E-state index contributed by atoms with van der Waals surface area (Å²) in [6.07, 6.45) is -4.37. The molecule has 0 saturated carbocycles. The molecule has 54 heavy (non-hydrogen) atoms. The molecule has 0 amide bonds. The van der Waals surface area contributed by atoms with Gasteiger partial charge in [-0.15, -0.1) is 0 Å². The standard InChI is InChI=1S/C37H41N7O10/c45-21-32-33(48)34(49)35(50)37(54-32)53-31-13-12-24(17-28(31)44(51)52)36(43-23-38-22-40-43)42(20-27-9-5-6-14-39-27)16-15-41(18-25-7-1-3-10-29(25)46)19-26-8-2-4-11-30(26)47/h1-14,17,22-23,32-37,45-50H,15-16,18-21H2/t32-,33+,34+,35-,36?,37-/m1/s1. The number of hydrogen-bond donors (Lipinski definition) is 6. The molecule has 6 rings (SSSR count). The fourth-order valence-corrected chi connectivity index (χ4v) is 6.34. The zero-order valence-corrected chi connectivity index (χ0v) is 29.0. The van der Waals surface area contributed by atoms with Crippen molar-refractivity contribution >= 4 is 5.69 Å². The Hall–Kier alpha value is -5.53. The number of ether oxygens (including phenoxy) is 2. The number of aromatic nitrogens is 4. The van der Waals surface area contributed by atoms with Crippen LogP contribution in [0.4, 0.5) is 5.69 Å². The van der Waals surface area contributed by atoms with Gasteiger partial charge in [0.2, 0.25) is 6.29 Å². The summed E-state index contributed by atoms with van der Waals surface area (Å²) in [6.45, 7) is 0.960. The molecule has 3 aromatic carbocycles. The van der Waals surface area contributed by atoms with E-state index >= 15 is 0 Å². The van der Waals surface area contributed by atoms with Crippen LogP contribution in [-0.2, 0) is 24.4 Å². The first-order valence-corrected chi connectivity index (χ1v) is 17.1. The fourth-order valence-electron chi connectivity index (χ4n) is 6.34. The average Bonchev–Trinajstić information content (AvgIpc) is 3.71. The molecule has 2 aromatic heterocycles. The van der Waals surface area contributed by atoms with Crippen molar-refractivity contribution in [2.24, 2.45) is 0 Å². The molecule has 1 saturated heterocycles. The number of hydrogen-bond acceptors (Lipinski definition) is 15. The third-order valence-electron chi connectivity index (χ3n) is 9.17. The summed E-state index contributed by atoms with van der Waals surface area (Å²) in [6, 6.07) is 23.7. The van der Waals surface area contributed by atoms with Crippen LogP contribution >= 0.6 is 0 Å². The third kappa shape index (κ3) is 8.97. The topological polar surface area (TPSA) is 233 Å². The number of nitro benzene ring substituents is 1. The maximum atomic E-state index is 12.5. The zero-order valence-electron chi connectivity index (χ0n) is 29.0. The number of phenols is 2. The molecule has 0 radical (unpaired) electrons. The highest BCUT2D eigenvalue weighted by molar-refractivity contribution is 5.49. The second-order valence-electron chi connectivity index (χ2n) is 12.8. The highest BCUT2D eigenvalue weighted by Crippen LogP contribution is 2.35. The summed E-state index contributed by atoms with van der Waals surface area (Å²) < 4.78 is 12.7. The highest BCUT2D eigenvalue weighted by atomic mass is 16.7. The molecule has 1 aliphatic rings. The Labute approximate surface area is 309 Å². The van der Waals surface area contributed by atoms with Crippen LogP contribution in [-0.4, -0.2) is 116 Å². The minimum Gasteiger partial charge on any atom is -0.508 e. The lowest BCUT2D eigenvalue weighted by molar-refractivity contribution is -0.387. The molecule has 0 aliphatic carbocycles. The number of aromatic hydroxyl groups is 2. The number of para-hydroxylation sites is 2. The van der Waals surface area contributed by atoms with Gasteiger partial charge in [-0.1, -0.05) is 48.5 Å². The highest BCUT2D eigenvalue weighted by Gasteiger charge is 2.45. The number of benzene rings is 3. The average molecular weight is 744 g/mol. The molecule has 0 spiro atoms. The van der Waals surface area contributed by atoms with Crippen molar-refractivity contribution in [3.63, 3.8) is 0 Å². The molecule has 17 heteroatoms. The number of nitro groups is 1. The van der Waals surface area contributed by atoms with Gasteiger partial charge in [0, 0.05) is 56.1 Å². The maximum absolute atomic E-state index is 12.5. The summed E-state index contributed by atoms with van der Waals surface area (Å²) in [5.41, 5.74) is 1.99. The van der Waals surface area contributed by atoms with E-state index in [1.54, 1.807) is 47.3 Å². The van der Waals surface area contributed by atoms with Crippen molar-refractivity contribution in [1.82, 2.24) is 29.5 Å². The van der Waals surface area contributed by atoms with Crippen LogP contribution < -0.4 is 4.74 Å². The van der Waals surface area contributed by atoms with Crippen molar-refractivity contribution in [2.45, 2.75) is 56.5 Å². The molecular weight excluding hydrogens is 702 g/mol. The monoisotopic (exact) mass is 743 g/mol. The largest absolute Gasteiger partial charge is 0.508 e. The summed E-state index contributed by atoms with van der Waals surface area (Å²) in [5, 5.41) is 78.8. The molecule has 0 bridgehead atoms. The normalized spacial score (nSPS) is 20.6. The Balaban J connectivity index is 1.35. The molecule has 1 aliphatic heterocycles. The van der Waals surface area contributed by atoms with E-state index in [2.05, 4.69) is 20.0 Å². The van der Waals surface area contributed by atoms with E-state index in [1.165, 1.54) is 24.8 Å². The molecule has 6 atom stereocenters. The van der Waals surface area contributed by atoms with E-state index in [0.717, 1.165) is 0 Å². The first-order valence-electron chi connectivity index (χ1n) is 17.1. The quantitative estimate of drug-likeness (QED) is 0.0626. The minimum atomic E-state index is -1.78. The van der Waals surface area contributed by atoms with E-state index < -0.39 is 54.1 Å². The Morgan fingerprint density at radius 1 is 0.870 bits per heavy atom. The molecule has 5 aromatic rings. The van der Waals surface area contributed by atoms with E-state index in [-0.39, 0.29) is 23.8 Å². The van der Waals surface area contributed by atoms with E-state index in [0.29, 0.717) is 48.6 Å². The molecule has 6 N–H and O–H groups in total. The van der Waals surface area contributed by atoms with Gasteiger partial charge in [-0.25, -0.2) is 9.67 Å². The first-order chi connectivity index (χ1) is 26.1. The predicted octanol–water partition coefficient (Wildman–Crippen LogP) is 1.92. The van der Waals surface area contributed by atoms with E-state index in [1.807, 2.05) is 41.3 Å². The first kappa shape index (κ1) is 38.2. The van der Waals surface area contributed by atoms with Crippen molar-refractivity contribution in [3.8, 4) is 17.2 Å². The van der Waals surface area contributed by atoms with Gasteiger partial charge >= 0.3 is 5.69 Å². The molecule has 1 fully saturated rings. The Morgan fingerprint density at radius 2 is 1.56 bits per heavy atom. The summed E-state index contributed by atoms with van der Waals surface area (Å²) >= 11 is 0. The maximum Gasteiger partial charge on any atom is 0.311 e. The van der Waals surface area contributed by atoms with Crippen molar-refractivity contribution in [1.29, 1.82) is 0 Å². The number of aliphatic hydroxyl groups is 4. The lowest BCUT2D eigenvalue weighted by Crippen LogP contribution is -2.60. The summed E-state index contributed by atoms with van der Waals surface area (Å²) in [4.78, 5) is 24.6. The van der Waals surface area contributed by atoms with Gasteiger partial charge in [-0.3, -0.25) is 24.9 Å². The van der Waals surface area contributed by atoms with Crippen LogP contribution in [0.2, 0.25) is 0 Å². The van der Waals surface area contributed by atoms with Gasteiger partial charge in [0.15, 0.2) is 5.75 Å². The summed E-state index contributed by atoms with van der Waals surface area (Å²) in [7, 11) is 0. The number of phenolic OH excluding ortho intramolecular Hbond substituents is 2. The Bertz CT molecular complexity index is 1920. The minimum absolute atomic E-state index is 0.129. The number of pyridine rings is 1. The lowest BCUT2D eigenvalue weighted by atomic mass is 9.99. The lowest BCUT2D eigenvalue weighted by Gasteiger charge is -2.39. The van der Waals surface area contributed by atoms with Crippen LogP contribution in [0, 0.1) is 10.1 Å². The van der Waals surface area contributed by atoms with Crippen molar-refractivity contribution < 1.29 is 45.0 Å². The van der Waals surface area contributed by atoms with Gasteiger partial charge in [0.05, 0.1) is 17.2 Å². The van der Waals surface area contributed by atoms with Crippen LogP contribution in [0.15, 0.2) is 104 Å². The third-order valence-corrected chi connectivity index (χ3v) is 9.17.